The van der Waals surface area contributed by atoms with Gasteiger partial charge in [-0.05, 0) is 26.3 Å². The van der Waals surface area contributed by atoms with Crippen molar-refractivity contribution in [2.45, 2.75) is 26.4 Å². The Balaban J connectivity index is 3.59. The van der Waals surface area contributed by atoms with Crippen LogP contribution in [0, 0.1) is 6.92 Å². The van der Waals surface area contributed by atoms with Gasteiger partial charge in [0.15, 0.2) is 11.5 Å². The summed E-state index contributed by atoms with van der Waals surface area (Å²) in [5.74, 6) is 0.203. The molecule has 1 aromatic carbocycles. The maximum absolute atomic E-state index is 9.98. The fraction of sp³-hybridized carbons (Fsp3) is 0.455. The number of benzene rings is 1. The van der Waals surface area contributed by atoms with Gasteiger partial charge < -0.3 is 14.9 Å². The lowest BCUT2D eigenvalue weighted by molar-refractivity contribution is 0.0744. The van der Waals surface area contributed by atoms with E-state index >= 15 is 0 Å². The Labute approximate surface area is 94.3 Å². The number of rotatable bonds is 2. The minimum atomic E-state index is -1.11. The fourth-order valence-corrected chi connectivity index (χ4v) is 1.85. The second-order valence-electron chi connectivity index (χ2n) is 3.97. The largest absolute Gasteiger partial charge is 0.504 e. The fourth-order valence-electron chi connectivity index (χ4n) is 1.65. The van der Waals surface area contributed by atoms with Crippen LogP contribution in [0.15, 0.2) is 6.07 Å². The van der Waals surface area contributed by atoms with Crippen molar-refractivity contribution in [2.24, 2.45) is 0 Å². The van der Waals surface area contributed by atoms with Crippen LogP contribution in [0.1, 0.15) is 25.0 Å². The summed E-state index contributed by atoms with van der Waals surface area (Å²) in [7, 11) is 1.44. The Bertz CT molecular complexity index is 380. The van der Waals surface area contributed by atoms with Crippen LogP contribution in [0.25, 0.3) is 0 Å². The predicted octanol–water partition coefficient (Wildman–Crippen LogP) is 2.59. The van der Waals surface area contributed by atoms with Crippen LogP contribution < -0.4 is 4.74 Å². The molecule has 0 radical (unpaired) electrons. The highest BCUT2D eigenvalue weighted by Gasteiger charge is 2.27. The summed E-state index contributed by atoms with van der Waals surface area (Å²) in [5.41, 5.74) is 0.103. The molecule has 1 rings (SSSR count). The minimum Gasteiger partial charge on any atom is -0.504 e. The number of halogens is 1. The number of aromatic hydroxyl groups is 1. The van der Waals surface area contributed by atoms with Gasteiger partial charge in [-0.1, -0.05) is 11.6 Å². The lowest BCUT2D eigenvalue weighted by atomic mass is 9.92. The second-order valence-corrected chi connectivity index (χ2v) is 4.38. The lowest BCUT2D eigenvalue weighted by Gasteiger charge is -2.24. The van der Waals surface area contributed by atoms with Crippen LogP contribution in [0.3, 0.4) is 0 Å². The zero-order chi connectivity index (χ0) is 11.8. The lowest BCUT2D eigenvalue weighted by Crippen LogP contribution is -2.18. The van der Waals surface area contributed by atoms with Crippen LogP contribution in [-0.2, 0) is 5.60 Å². The van der Waals surface area contributed by atoms with Gasteiger partial charge in [-0.25, -0.2) is 0 Å². The maximum atomic E-state index is 9.98. The summed E-state index contributed by atoms with van der Waals surface area (Å²) >= 11 is 5.93. The number of hydrogen-bond acceptors (Lipinski definition) is 3. The van der Waals surface area contributed by atoms with Crippen LogP contribution in [0.2, 0.25) is 5.02 Å². The van der Waals surface area contributed by atoms with E-state index in [1.54, 1.807) is 20.8 Å². The predicted molar refractivity (Wildman–Crippen MR) is 59.7 cm³/mol. The molecule has 0 spiro atoms. The van der Waals surface area contributed by atoms with Crippen molar-refractivity contribution in [1.82, 2.24) is 0 Å². The monoisotopic (exact) mass is 230 g/mol. The molecule has 0 atom stereocenters. The first-order valence-corrected chi connectivity index (χ1v) is 4.95. The summed E-state index contributed by atoms with van der Waals surface area (Å²) in [5, 5.41) is 20.0. The average molecular weight is 231 g/mol. The molecule has 15 heavy (non-hydrogen) atoms. The van der Waals surface area contributed by atoms with Crippen LogP contribution in [-0.4, -0.2) is 17.3 Å². The number of phenols is 1. The standard InChI is InChI=1S/C11H15ClO3/c1-6-7(12)5-8(13)10(15-4)9(6)11(2,3)14/h5,13-14H,1-4H3. The van der Waals surface area contributed by atoms with E-state index in [0.29, 0.717) is 16.1 Å². The normalized spacial score (nSPS) is 11.6. The van der Waals surface area contributed by atoms with Crippen LogP contribution in [0.5, 0.6) is 11.5 Å². The molecule has 0 heterocycles. The van der Waals surface area contributed by atoms with E-state index in [2.05, 4.69) is 0 Å². The Morgan fingerprint density at radius 1 is 1.40 bits per heavy atom. The van der Waals surface area contributed by atoms with Gasteiger partial charge in [0.2, 0.25) is 0 Å². The Morgan fingerprint density at radius 3 is 2.33 bits per heavy atom. The Morgan fingerprint density at radius 2 is 1.93 bits per heavy atom. The molecule has 0 unspecified atom stereocenters. The number of hydrogen-bond donors (Lipinski definition) is 2. The first kappa shape index (κ1) is 12.1. The highest BCUT2D eigenvalue weighted by molar-refractivity contribution is 6.31. The quantitative estimate of drug-likeness (QED) is 0.821. The third-order valence-electron chi connectivity index (χ3n) is 2.27. The van der Waals surface area contributed by atoms with Crippen molar-refractivity contribution in [3.63, 3.8) is 0 Å². The molecule has 0 aliphatic heterocycles. The van der Waals surface area contributed by atoms with Crippen molar-refractivity contribution in [3.8, 4) is 11.5 Å². The van der Waals surface area contributed by atoms with Gasteiger partial charge in [0.05, 0.1) is 12.7 Å². The molecule has 1 aromatic rings. The van der Waals surface area contributed by atoms with E-state index in [4.69, 9.17) is 16.3 Å². The smallest absolute Gasteiger partial charge is 0.166 e. The minimum absolute atomic E-state index is 0.0646. The topological polar surface area (TPSA) is 49.7 Å². The highest BCUT2D eigenvalue weighted by Crippen LogP contribution is 2.42. The van der Waals surface area contributed by atoms with Gasteiger partial charge in [-0.15, -0.1) is 0 Å². The molecule has 4 heteroatoms. The van der Waals surface area contributed by atoms with Crippen molar-refractivity contribution >= 4 is 11.6 Å². The Hall–Kier alpha value is -0.930. The number of phenolic OH excluding ortho intramolecular Hbond substituents is 1. The van der Waals surface area contributed by atoms with Crippen molar-refractivity contribution in [2.75, 3.05) is 7.11 Å². The SMILES string of the molecule is COc1c(O)cc(Cl)c(C)c1C(C)(C)O. The maximum Gasteiger partial charge on any atom is 0.166 e. The van der Waals surface area contributed by atoms with E-state index in [1.807, 2.05) is 0 Å². The van der Waals surface area contributed by atoms with Gasteiger partial charge in [0, 0.05) is 16.7 Å². The third kappa shape index (κ3) is 2.19. The number of ether oxygens (including phenoxy) is 1. The third-order valence-corrected chi connectivity index (χ3v) is 2.66. The van der Waals surface area contributed by atoms with Crippen molar-refractivity contribution in [3.05, 3.63) is 22.2 Å². The molecule has 84 valence electrons. The molecule has 0 aromatic heterocycles. The average Bonchev–Trinajstić information content (AvgIpc) is 2.08. The summed E-state index contributed by atoms with van der Waals surface area (Å²) in [6.07, 6.45) is 0. The molecule has 0 aliphatic rings. The summed E-state index contributed by atoms with van der Waals surface area (Å²) in [6, 6.07) is 1.41. The van der Waals surface area contributed by atoms with E-state index < -0.39 is 5.60 Å². The van der Waals surface area contributed by atoms with Gasteiger partial charge in [-0.2, -0.15) is 0 Å². The zero-order valence-corrected chi connectivity index (χ0v) is 10.0. The zero-order valence-electron chi connectivity index (χ0n) is 9.26. The van der Waals surface area contributed by atoms with E-state index in [1.165, 1.54) is 13.2 Å². The van der Waals surface area contributed by atoms with E-state index in [-0.39, 0.29) is 11.5 Å². The first-order valence-electron chi connectivity index (χ1n) is 4.58. The number of methoxy groups -OCH3 is 1. The first-order chi connectivity index (χ1) is 6.79. The van der Waals surface area contributed by atoms with E-state index in [0.717, 1.165) is 0 Å². The molecular formula is C11H15ClO3. The molecule has 0 amide bonds. The molecule has 2 N–H and O–H groups in total. The van der Waals surface area contributed by atoms with Crippen LogP contribution >= 0.6 is 11.6 Å². The summed E-state index contributed by atoms with van der Waals surface area (Å²) in [4.78, 5) is 0. The molecule has 0 fully saturated rings. The van der Waals surface area contributed by atoms with Crippen molar-refractivity contribution in [1.29, 1.82) is 0 Å². The van der Waals surface area contributed by atoms with Gasteiger partial charge in [-0.3, -0.25) is 0 Å². The van der Waals surface area contributed by atoms with Gasteiger partial charge in [0.25, 0.3) is 0 Å². The summed E-state index contributed by atoms with van der Waals surface area (Å²) < 4.78 is 5.07. The van der Waals surface area contributed by atoms with Gasteiger partial charge >= 0.3 is 0 Å². The molecule has 0 saturated heterocycles. The van der Waals surface area contributed by atoms with Crippen LogP contribution in [0.4, 0.5) is 0 Å². The molecule has 0 bridgehead atoms. The second kappa shape index (κ2) is 3.91. The molecule has 3 nitrogen and oxygen atoms in total. The number of aliphatic hydroxyl groups is 1. The molecule has 0 aliphatic carbocycles. The Kier molecular flexibility index (Phi) is 3.16. The summed E-state index contributed by atoms with van der Waals surface area (Å²) in [6.45, 7) is 5.01. The van der Waals surface area contributed by atoms with Crippen molar-refractivity contribution < 1.29 is 14.9 Å². The molecule has 0 saturated carbocycles. The van der Waals surface area contributed by atoms with Gasteiger partial charge in [0.1, 0.15) is 0 Å². The molecular weight excluding hydrogens is 216 g/mol. The van der Waals surface area contributed by atoms with E-state index in [9.17, 15) is 10.2 Å². The highest BCUT2D eigenvalue weighted by atomic mass is 35.5.